The summed E-state index contributed by atoms with van der Waals surface area (Å²) in [5.41, 5.74) is 4.51. The molecule has 0 bridgehead atoms. The first-order valence-electron chi connectivity index (χ1n) is 7.67. The molecule has 0 heterocycles. The van der Waals surface area contributed by atoms with Gasteiger partial charge in [-0.3, -0.25) is 19.2 Å². The van der Waals surface area contributed by atoms with Crippen LogP contribution in [0.5, 0.6) is 0 Å². The number of Topliss-reactive ketones (excluding diaryl/α,β-unsaturated/α-hetero) is 1. The Labute approximate surface area is 211 Å². The summed E-state index contributed by atoms with van der Waals surface area (Å²) in [4.78, 5) is 57.2. The molecule has 148 valence electrons. The number of aliphatic carboxylic acids is 1. The molecule has 0 fully saturated rings. The fourth-order valence-electron chi connectivity index (χ4n) is 1.69. The summed E-state index contributed by atoms with van der Waals surface area (Å²) >= 11 is 1.05. The topological polar surface area (TPSA) is 168 Å². The van der Waals surface area contributed by atoms with Crippen LogP contribution in [0.1, 0.15) is 27.2 Å². The van der Waals surface area contributed by atoms with Crippen LogP contribution in [0, 0.1) is 12.5 Å². The third-order valence-electron chi connectivity index (χ3n) is 3.48. The van der Waals surface area contributed by atoms with Gasteiger partial charge in [-0.25, -0.2) is 6.54 Å². The molecular formula is C15H25N4O6RbS. The van der Waals surface area contributed by atoms with E-state index in [2.05, 4.69) is 16.0 Å². The van der Waals surface area contributed by atoms with Crippen LogP contribution < -0.4 is 79.9 Å². The van der Waals surface area contributed by atoms with E-state index in [1.54, 1.807) is 6.26 Å². The van der Waals surface area contributed by atoms with E-state index in [-0.39, 0.29) is 76.9 Å². The number of thioether (sulfide) groups is 1. The number of nitrogens with one attached hydrogen (secondary N) is 3. The minimum absolute atomic E-state index is 0. The van der Waals surface area contributed by atoms with Crippen LogP contribution in [0.3, 0.4) is 0 Å². The van der Waals surface area contributed by atoms with Crippen LogP contribution in [0.2, 0.25) is 0 Å². The molecule has 6 N–H and O–H groups in total. The van der Waals surface area contributed by atoms with Gasteiger partial charge in [0.2, 0.25) is 11.8 Å². The number of nitrogens with two attached hydrogens (primary N) is 1. The number of carboxylic acids is 1. The second-order valence-corrected chi connectivity index (χ2v) is 6.93. The van der Waals surface area contributed by atoms with Crippen LogP contribution in [0.4, 0.5) is 0 Å². The van der Waals surface area contributed by atoms with Gasteiger partial charge in [-0.2, -0.15) is 11.8 Å². The number of amides is 3. The number of carbonyl (C=O) groups is 5. The van der Waals surface area contributed by atoms with E-state index in [1.807, 2.05) is 0 Å². The van der Waals surface area contributed by atoms with Crippen molar-refractivity contribution < 1.29 is 87.3 Å². The Morgan fingerprint density at radius 2 is 1.78 bits per heavy atom. The molecule has 3 amide bonds. The molecule has 0 aromatic rings. The normalized spacial score (nSPS) is 14.4. The molecule has 0 saturated heterocycles. The summed E-state index contributed by atoms with van der Waals surface area (Å²) in [7, 11) is 0. The van der Waals surface area contributed by atoms with Gasteiger partial charge < -0.3 is 31.6 Å². The summed E-state index contributed by atoms with van der Waals surface area (Å²) in [6, 6.07) is 0. The van der Waals surface area contributed by atoms with Crippen molar-refractivity contribution in [3.05, 3.63) is 6.54 Å². The predicted octanol–water partition coefficient (Wildman–Crippen LogP) is -4.39. The number of ketones is 1. The van der Waals surface area contributed by atoms with Gasteiger partial charge in [-0.05, 0) is 20.1 Å². The van der Waals surface area contributed by atoms with Crippen LogP contribution in [-0.2, 0) is 24.0 Å². The summed E-state index contributed by atoms with van der Waals surface area (Å²) in [6.07, 6.45) is 1.21. The summed E-state index contributed by atoms with van der Waals surface area (Å²) in [6.45, 7) is 4.85. The third kappa shape index (κ3) is 11.9. The van der Waals surface area contributed by atoms with Crippen LogP contribution >= 0.6 is 11.8 Å². The Kier molecular flexibility index (Phi) is 14.6. The molecule has 0 saturated carbocycles. The molecule has 0 aromatic heterocycles. The minimum atomic E-state index is -1.47. The van der Waals surface area contributed by atoms with Crippen molar-refractivity contribution in [1.29, 1.82) is 0 Å². The average Bonchev–Trinajstić information content (AvgIpc) is 2.53. The molecule has 0 spiro atoms. The number of carbonyl (C=O) groups excluding carboxylic acids is 4. The molecule has 0 aliphatic rings. The maximum absolute atomic E-state index is 12.2. The summed E-state index contributed by atoms with van der Waals surface area (Å²) in [5.74, 6) is -4.20. The molecule has 0 radical (unpaired) electrons. The fraction of sp³-hybridized carbons (Fsp3) is 0.600. The first kappa shape index (κ1) is 28.7. The second kappa shape index (κ2) is 13.7. The Hall–Kier alpha value is -0.465. The van der Waals surface area contributed by atoms with Gasteiger partial charge in [0.05, 0.1) is 29.8 Å². The van der Waals surface area contributed by atoms with Crippen molar-refractivity contribution in [2.45, 2.75) is 38.1 Å². The number of hydrogen-bond donors (Lipinski definition) is 5. The van der Waals surface area contributed by atoms with Crippen molar-refractivity contribution in [3.8, 4) is 0 Å². The van der Waals surface area contributed by atoms with E-state index in [0.29, 0.717) is 0 Å². The van der Waals surface area contributed by atoms with Crippen LogP contribution in [-0.4, -0.2) is 58.3 Å². The molecule has 12 heteroatoms. The largest absolute Gasteiger partial charge is 1.00 e. The third-order valence-corrected chi connectivity index (χ3v) is 4.43. The second-order valence-electron chi connectivity index (χ2n) is 5.89. The van der Waals surface area contributed by atoms with Crippen LogP contribution in [0.15, 0.2) is 0 Å². The van der Waals surface area contributed by atoms with Gasteiger partial charge in [0.25, 0.3) is 0 Å². The smallest absolute Gasteiger partial charge is 0.481 e. The molecular weight excluding hydrogens is 450 g/mol. The maximum atomic E-state index is 12.2. The SMILES string of the molecule is CSC(CC(=O)O)C(=O)NC(C)(N)C(C)C(=O)N[CH-]C(=O)NCC(C)=O.[Rb+]. The zero-order valence-electron chi connectivity index (χ0n) is 16.1. The molecule has 10 nitrogen and oxygen atoms in total. The monoisotopic (exact) mass is 474 g/mol. The number of hydrogen-bond acceptors (Lipinski definition) is 7. The fourth-order valence-corrected chi connectivity index (χ4v) is 2.27. The van der Waals surface area contributed by atoms with Crippen molar-refractivity contribution in [1.82, 2.24) is 16.0 Å². The van der Waals surface area contributed by atoms with Gasteiger partial charge in [0, 0.05) is 0 Å². The quantitative estimate of drug-likeness (QED) is 0.148. The first-order chi connectivity index (χ1) is 11.9. The average molecular weight is 475 g/mol. The zero-order chi connectivity index (χ0) is 20.5. The van der Waals surface area contributed by atoms with Crippen molar-refractivity contribution in [3.63, 3.8) is 0 Å². The van der Waals surface area contributed by atoms with Gasteiger partial charge in [0.15, 0.2) is 0 Å². The van der Waals surface area contributed by atoms with E-state index in [4.69, 9.17) is 10.8 Å². The first-order valence-corrected chi connectivity index (χ1v) is 8.95. The summed E-state index contributed by atoms with van der Waals surface area (Å²) in [5, 5.41) is 14.9. The minimum Gasteiger partial charge on any atom is -0.481 e. The maximum Gasteiger partial charge on any atom is 1.00 e. The summed E-state index contributed by atoms with van der Waals surface area (Å²) < 4.78 is 0. The Bertz CT molecular complexity index is 573. The Morgan fingerprint density at radius 3 is 2.22 bits per heavy atom. The standard InChI is InChI=1S/C15H25N4O6S.Rb/c1-8(20)6-17-11(21)7-18-13(24)9(2)15(3,16)19-14(25)10(26-4)5-12(22)23;/h7,9-10H,5-6,16H2,1-4H3,(H,17,21)(H,18,24)(H,19,25)(H,22,23);/q-1;+1. The van der Waals surface area contributed by atoms with Gasteiger partial charge in [0.1, 0.15) is 11.7 Å². The Morgan fingerprint density at radius 1 is 1.22 bits per heavy atom. The van der Waals surface area contributed by atoms with E-state index in [9.17, 15) is 24.0 Å². The van der Waals surface area contributed by atoms with Crippen LogP contribution in [0.25, 0.3) is 0 Å². The molecule has 0 aromatic carbocycles. The van der Waals surface area contributed by atoms with Gasteiger partial charge in [-0.1, -0.05) is 6.92 Å². The van der Waals surface area contributed by atoms with Gasteiger partial charge >= 0.3 is 64.2 Å². The van der Waals surface area contributed by atoms with Gasteiger partial charge in [-0.15, -0.1) is 0 Å². The van der Waals surface area contributed by atoms with E-state index >= 15 is 0 Å². The number of carboxylic acid groups (broad SMARTS) is 1. The van der Waals surface area contributed by atoms with E-state index in [0.717, 1.165) is 18.3 Å². The van der Waals surface area contributed by atoms with Crippen molar-refractivity contribution in [2.75, 3.05) is 12.8 Å². The molecule has 0 aliphatic heterocycles. The number of rotatable bonds is 11. The predicted molar refractivity (Wildman–Crippen MR) is 95.6 cm³/mol. The Balaban J connectivity index is 0. The van der Waals surface area contributed by atoms with Crippen molar-refractivity contribution >= 4 is 41.2 Å². The molecule has 3 unspecified atom stereocenters. The zero-order valence-corrected chi connectivity index (χ0v) is 21.9. The van der Waals surface area contributed by atoms with Crippen molar-refractivity contribution in [2.24, 2.45) is 11.7 Å². The molecule has 27 heavy (non-hydrogen) atoms. The molecule has 3 atom stereocenters. The molecule has 0 rings (SSSR count). The van der Waals surface area contributed by atoms with E-state index < -0.39 is 40.5 Å². The molecule has 0 aliphatic carbocycles. The van der Waals surface area contributed by atoms with E-state index in [1.165, 1.54) is 20.8 Å².